The predicted molar refractivity (Wildman–Crippen MR) is 74.8 cm³/mol. The number of ether oxygens (including phenoxy) is 2. The van der Waals surface area contributed by atoms with Crippen molar-refractivity contribution in [2.24, 2.45) is 0 Å². The molecule has 108 valence electrons. The van der Waals surface area contributed by atoms with E-state index in [1.54, 1.807) is 12.1 Å². The van der Waals surface area contributed by atoms with Gasteiger partial charge in [-0.05, 0) is 36.1 Å². The molecule has 5 heteroatoms. The molecular weight excluding hydrogens is 272 g/mol. The van der Waals surface area contributed by atoms with Crippen LogP contribution in [0, 0.1) is 0 Å². The van der Waals surface area contributed by atoms with Crippen LogP contribution in [-0.2, 0) is 12.8 Å². The zero-order valence-electron chi connectivity index (χ0n) is 11.4. The van der Waals surface area contributed by atoms with Crippen molar-refractivity contribution in [1.82, 2.24) is 0 Å². The lowest BCUT2D eigenvalue weighted by atomic mass is 9.80. The molecule has 2 aliphatic rings. The SMILES string of the molecule is COc1c(O)cc2c3c1[C@H](O)Oc1cc(O)cc(c1-3)CC2. The number of phenolic OH excluding ortho intramolecular Hbond substituents is 2. The van der Waals surface area contributed by atoms with Gasteiger partial charge in [0.1, 0.15) is 11.5 Å². The van der Waals surface area contributed by atoms with Crippen molar-refractivity contribution in [2.75, 3.05) is 7.11 Å². The number of rotatable bonds is 1. The zero-order chi connectivity index (χ0) is 14.7. The fourth-order valence-electron chi connectivity index (χ4n) is 3.35. The summed E-state index contributed by atoms with van der Waals surface area (Å²) in [5.74, 6) is 0.805. The molecular formula is C16H14O5. The molecule has 1 heterocycles. The van der Waals surface area contributed by atoms with E-state index >= 15 is 0 Å². The number of hydrogen-bond acceptors (Lipinski definition) is 5. The summed E-state index contributed by atoms with van der Waals surface area (Å²) < 4.78 is 10.7. The Morgan fingerprint density at radius 2 is 1.81 bits per heavy atom. The third-order valence-electron chi connectivity index (χ3n) is 4.15. The van der Waals surface area contributed by atoms with E-state index in [0.717, 1.165) is 35.1 Å². The molecule has 21 heavy (non-hydrogen) atoms. The molecule has 0 saturated heterocycles. The van der Waals surface area contributed by atoms with Crippen LogP contribution in [-0.4, -0.2) is 22.4 Å². The molecule has 4 rings (SSSR count). The van der Waals surface area contributed by atoms with Crippen LogP contribution >= 0.6 is 0 Å². The standard InChI is InChI=1S/C16H14O5/c1-20-15-10(18)5-8-3-2-7-4-9(17)6-11-12(7)13(8)14(15)16(19)21-11/h4-6,16-19H,2-3H2,1H3/t16-/m1/s1. The van der Waals surface area contributed by atoms with Crippen LogP contribution in [0.25, 0.3) is 11.1 Å². The van der Waals surface area contributed by atoms with Gasteiger partial charge in [-0.1, -0.05) is 0 Å². The van der Waals surface area contributed by atoms with Gasteiger partial charge in [0.25, 0.3) is 0 Å². The molecule has 0 unspecified atom stereocenters. The number of aryl methyl sites for hydroxylation is 2. The Hall–Kier alpha value is -2.40. The Balaban J connectivity index is 2.13. The summed E-state index contributed by atoms with van der Waals surface area (Å²) in [5, 5.41) is 30.1. The van der Waals surface area contributed by atoms with Crippen LogP contribution in [0.5, 0.6) is 23.0 Å². The highest BCUT2D eigenvalue weighted by Gasteiger charge is 2.35. The summed E-state index contributed by atoms with van der Waals surface area (Å²) in [6, 6.07) is 4.89. The first kappa shape index (κ1) is 12.3. The summed E-state index contributed by atoms with van der Waals surface area (Å²) in [6.45, 7) is 0. The maximum atomic E-state index is 10.3. The Bertz CT molecular complexity index is 766. The van der Waals surface area contributed by atoms with Crippen molar-refractivity contribution in [3.63, 3.8) is 0 Å². The summed E-state index contributed by atoms with van der Waals surface area (Å²) in [6.07, 6.45) is 0.234. The lowest BCUT2D eigenvalue weighted by Crippen LogP contribution is -2.19. The van der Waals surface area contributed by atoms with Gasteiger partial charge in [0, 0.05) is 17.2 Å². The van der Waals surface area contributed by atoms with Gasteiger partial charge in [0.15, 0.2) is 11.5 Å². The van der Waals surface area contributed by atoms with Gasteiger partial charge in [-0.25, -0.2) is 0 Å². The highest BCUT2D eigenvalue weighted by molar-refractivity contribution is 5.86. The highest BCUT2D eigenvalue weighted by Crippen LogP contribution is 2.54. The minimum Gasteiger partial charge on any atom is -0.508 e. The van der Waals surface area contributed by atoms with Crippen LogP contribution in [0.4, 0.5) is 0 Å². The van der Waals surface area contributed by atoms with Crippen LogP contribution < -0.4 is 9.47 Å². The molecule has 0 amide bonds. The second-order valence-corrected chi connectivity index (χ2v) is 5.32. The van der Waals surface area contributed by atoms with Crippen LogP contribution in [0.2, 0.25) is 0 Å². The Morgan fingerprint density at radius 3 is 2.52 bits per heavy atom. The quantitative estimate of drug-likeness (QED) is 0.749. The smallest absolute Gasteiger partial charge is 0.228 e. The van der Waals surface area contributed by atoms with Crippen molar-refractivity contribution >= 4 is 0 Å². The van der Waals surface area contributed by atoms with E-state index in [1.807, 2.05) is 0 Å². The molecule has 0 bridgehead atoms. The van der Waals surface area contributed by atoms with Gasteiger partial charge in [0.05, 0.1) is 12.7 Å². The fourth-order valence-corrected chi connectivity index (χ4v) is 3.35. The molecule has 2 aromatic rings. The second-order valence-electron chi connectivity index (χ2n) is 5.32. The Labute approximate surface area is 121 Å². The topological polar surface area (TPSA) is 79.2 Å². The summed E-state index contributed by atoms with van der Waals surface area (Å²) >= 11 is 0. The first-order valence-corrected chi connectivity index (χ1v) is 6.74. The number of hydrogen-bond donors (Lipinski definition) is 3. The molecule has 0 spiro atoms. The normalized spacial score (nSPS) is 17.9. The van der Waals surface area contributed by atoms with E-state index in [2.05, 4.69) is 0 Å². The fraction of sp³-hybridized carbons (Fsp3) is 0.250. The van der Waals surface area contributed by atoms with Crippen LogP contribution in [0.1, 0.15) is 23.0 Å². The number of aliphatic hydroxyl groups is 1. The Kier molecular flexibility index (Phi) is 2.38. The average molecular weight is 286 g/mol. The number of aliphatic hydroxyl groups excluding tert-OH is 1. The molecule has 5 nitrogen and oxygen atoms in total. The number of methoxy groups -OCH3 is 1. The second kappa shape index (κ2) is 4.05. The van der Waals surface area contributed by atoms with Crippen molar-refractivity contribution in [2.45, 2.75) is 19.1 Å². The van der Waals surface area contributed by atoms with E-state index in [4.69, 9.17) is 9.47 Å². The minimum atomic E-state index is -1.24. The first-order chi connectivity index (χ1) is 10.1. The largest absolute Gasteiger partial charge is 0.508 e. The monoisotopic (exact) mass is 286 g/mol. The molecule has 1 aliphatic carbocycles. The molecule has 0 fully saturated rings. The number of aromatic hydroxyl groups is 2. The van der Waals surface area contributed by atoms with Gasteiger partial charge in [0.2, 0.25) is 6.29 Å². The number of phenols is 2. The Morgan fingerprint density at radius 1 is 1.10 bits per heavy atom. The molecule has 1 atom stereocenters. The minimum absolute atomic E-state index is 0.000390. The maximum absolute atomic E-state index is 10.3. The van der Waals surface area contributed by atoms with Gasteiger partial charge >= 0.3 is 0 Å². The first-order valence-electron chi connectivity index (χ1n) is 6.74. The van der Waals surface area contributed by atoms with Gasteiger partial charge in [-0.2, -0.15) is 0 Å². The van der Waals surface area contributed by atoms with Gasteiger partial charge in [-0.15, -0.1) is 0 Å². The van der Waals surface area contributed by atoms with E-state index < -0.39 is 6.29 Å². The lowest BCUT2D eigenvalue weighted by molar-refractivity contribution is -0.0234. The third kappa shape index (κ3) is 1.55. The van der Waals surface area contributed by atoms with Crippen molar-refractivity contribution in [3.05, 3.63) is 34.9 Å². The average Bonchev–Trinajstić information content (AvgIpc) is 2.44. The van der Waals surface area contributed by atoms with Gasteiger partial charge in [-0.3, -0.25) is 0 Å². The van der Waals surface area contributed by atoms with Crippen molar-refractivity contribution in [3.8, 4) is 34.1 Å². The molecule has 0 aromatic heterocycles. The molecule has 3 N–H and O–H groups in total. The van der Waals surface area contributed by atoms with Crippen molar-refractivity contribution < 1.29 is 24.8 Å². The highest BCUT2D eigenvalue weighted by atomic mass is 16.6. The summed E-state index contributed by atoms with van der Waals surface area (Å²) in [7, 11) is 1.45. The predicted octanol–water partition coefficient (Wildman–Crippen LogP) is 2.26. The number of benzene rings is 2. The summed E-state index contributed by atoms with van der Waals surface area (Å²) in [5.41, 5.74) is 4.09. The zero-order valence-corrected chi connectivity index (χ0v) is 11.4. The molecule has 2 aromatic carbocycles. The molecule has 0 radical (unpaired) electrons. The summed E-state index contributed by atoms with van der Waals surface area (Å²) in [4.78, 5) is 0. The van der Waals surface area contributed by atoms with E-state index in [1.165, 1.54) is 13.2 Å². The maximum Gasteiger partial charge on any atom is 0.228 e. The van der Waals surface area contributed by atoms with Crippen LogP contribution in [0.15, 0.2) is 18.2 Å². The van der Waals surface area contributed by atoms with E-state index in [-0.39, 0.29) is 17.2 Å². The van der Waals surface area contributed by atoms with Crippen LogP contribution in [0.3, 0.4) is 0 Å². The molecule has 0 saturated carbocycles. The lowest BCUT2D eigenvalue weighted by Gasteiger charge is -2.33. The van der Waals surface area contributed by atoms with E-state index in [9.17, 15) is 15.3 Å². The van der Waals surface area contributed by atoms with E-state index in [0.29, 0.717) is 11.3 Å². The molecule has 1 aliphatic heterocycles. The third-order valence-corrected chi connectivity index (χ3v) is 4.15. The van der Waals surface area contributed by atoms with Gasteiger partial charge < -0.3 is 24.8 Å². The van der Waals surface area contributed by atoms with Crippen molar-refractivity contribution in [1.29, 1.82) is 0 Å².